The summed E-state index contributed by atoms with van der Waals surface area (Å²) in [4.78, 5) is 0. The van der Waals surface area contributed by atoms with Crippen LogP contribution in [0, 0.1) is 22.7 Å². The first-order valence-corrected chi connectivity index (χ1v) is 6.87. The minimum atomic E-state index is 0.648. The van der Waals surface area contributed by atoms with Gasteiger partial charge in [0.1, 0.15) is 0 Å². The molecule has 0 spiro atoms. The molecular formula is C20H20N2. The van der Waals surface area contributed by atoms with Crippen LogP contribution < -0.4 is 0 Å². The van der Waals surface area contributed by atoms with Crippen molar-refractivity contribution in [1.29, 1.82) is 10.5 Å². The Kier molecular flexibility index (Phi) is 11.1. The molecule has 0 heterocycles. The summed E-state index contributed by atoms with van der Waals surface area (Å²) in [6.07, 6.45) is 11.5. The van der Waals surface area contributed by atoms with Crippen LogP contribution in [0.2, 0.25) is 0 Å². The van der Waals surface area contributed by atoms with E-state index < -0.39 is 0 Å². The summed E-state index contributed by atoms with van der Waals surface area (Å²) in [5, 5.41) is 16.6. The smallest absolute Gasteiger partial charge is 0.0940 e. The molecule has 0 aliphatic carbocycles. The summed E-state index contributed by atoms with van der Waals surface area (Å²) < 4.78 is 0. The van der Waals surface area contributed by atoms with Gasteiger partial charge in [-0.3, -0.25) is 0 Å². The maximum atomic E-state index is 8.61. The van der Waals surface area contributed by atoms with Crippen LogP contribution in [-0.4, -0.2) is 0 Å². The van der Waals surface area contributed by atoms with Crippen LogP contribution in [0.25, 0.3) is 6.08 Å². The van der Waals surface area contributed by atoms with E-state index in [4.69, 9.17) is 10.5 Å². The van der Waals surface area contributed by atoms with Crippen molar-refractivity contribution in [3.05, 3.63) is 90.6 Å². The summed E-state index contributed by atoms with van der Waals surface area (Å²) in [6.45, 7) is 8.93. The third kappa shape index (κ3) is 9.78. The Morgan fingerprint density at radius 3 is 2.32 bits per heavy atom. The predicted octanol–water partition coefficient (Wildman–Crippen LogP) is 5.37. The largest absolute Gasteiger partial charge is 0.193 e. The lowest BCUT2D eigenvalue weighted by Gasteiger charge is -1.92. The number of allylic oxidation sites excluding steroid dienone is 7. The molecule has 0 N–H and O–H groups in total. The van der Waals surface area contributed by atoms with Gasteiger partial charge < -0.3 is 0 Å². The molecule has 0 amide bonds. The lowest BCUT2D eigenvalue weighted by molar-refractivity contribution is 1.16. The first kappa shape index (κ1) is 18.9. The Morgan fingerprint density at radius 2 is 1.86 bits per heavy atom. The van der Waals surface area contributed by atoms with E-state index >= 15 is 0 Å². The lowest BCUT2D eigenvalue weighted by Crippen LogP contribution is -1.72. The molecular weight excluding hydrogens is 268 g/mol. The number of rotatable bonds is 5. The molecule has 0 aliphatic heterocycles. The fraction of sp³-hybridized carbons (Fsp3) is 0.100. The van der Waals surface area contributed by atoms with E-state index in [1.165, 1.54) is 6.08 Å². The van der Waals surface area contributed by atoms with Gasteiger partial charge in [-0.1, -0.05) is 80.8 Å². The van der Waals surface area contributed by atoms with Gasteiger partial charge in [-0.15, -0.1) is 0 Å². The topological polar surface area (TPSA) is 47.6 Å². The summed E-state index contributed by atoms with van der Waals surface area (Å²) in [6, 6.07) is 13.9. The minimum Gasteiger partial charge on any atom is -0.193 e. The van der Waals surface area contributed by atoms with Crippen molar-refractivity contribution in [2.45, 2.75) is 13.3 Å². The molecule has 0 aromatic heterocycles. The summed E-state index contributed by atoms with van der Waals surface area (Å²) in [5.41, 5.74) is 2.61. The van der Waals surface area contributed by atoms with E-state index in [0.717, 1.165) is 17.6 Å². The lowest BCUT2D eigenvalue weighted by atomic mass is 10.1. The summed E-state index contributed by atoms with van der Waals surface area (Å²) in [5.74, 6) is 0. The van der Waals surface area contributed by atoms with E-state index in [9.17, 15) is 0 Å². The number of nitriles is 2. The first-order chi connectivity index (χ1) is 10.7. The van der Waals surface area contributed by atoms with E-state index in [1.54, 1.807) is 12.2 Å². The number of nitrogens with zero attached hydrogens (tertiary/aromatic N) is 2. The predicted molar refractivity (Wildman–Crippen MR) is 93.6 cm³/mol. The molecule has 22 heavy (non-hydrogen) atoms. The fourth-order valence-electron chi connectivity index (χ4n) is 1.24. The highest BCUT2D eigenvalue weighted by molar-refractivity contribution is 5.55. The third-order valence-electron chi connectivity index (χ3n) is 2.51. The highest BCUT2D eigenvalue weighted by Crippen LogP contribution is 2.06. The van der Waals surface area contributed by atoms with Crippen molar-refractivity contribution < 1.29 is 0 Å². The molecule has 0 atom stereocenters. The van der Waals surface area contributed by atoms with Crippen molar-refractivity contribution in [3.63, 3.8) is 0 Å². The minimum absolute atomic E-state index is 0.648. The molecule has 2 nitrogen and oxygen atoms in total. The van der Waals surface area contributed by atoms with Crippen LogP contribution in [0.3, 0.4) is 0 Å². The molecule has 0 bridgehead atoms. The maximum Gasteiger partial charge on any atom is 0.0940 e. The normalized spacial score (nSPS) is 10.4. The number of hydrogen-bond donors (Lipinski definition) is 0. The Morgan fingerprint density at radius 1 is 1.18 bits per heavy atom. The van der Waals surface area contributed by atoms with Crippen molar-refractivity contribution >= 4 is 6.08 Å². The van der Waals surface area contributed by atoms with Crippen molar-refractivity contribution in [3.8, 4) is 12.1 Å². The monoisotopic (exact) mass is 288 g/mol. The van der Waals surface area contributed by atoms with E-state index in [2.05, 4.69) is 13.2 Å². The Labute approximate surface area is 133 Å². The first-order valence-electron chi connectivity index (χ1n) is 6.87. The van der Waals surface area contributed by atoms with Gasteiger partial charge in [0.15, 0.2) is 0 Å². The second kappa shape index (κ2) is 12.9. The molecule has 1 aromatic rings. The maximum absolute atomic E-state index is 8.61. The quantitative estimate of drug-likeness (QED) is 0.540. The third-order valence-corrected chi connectivity index (χ3v) is 2.51. The number of benzene rings is 1. The van der Waals surface area contributed by atoms with Gasteiger partial charge in [0.05, 0.1) is 12.1 Å². The molecule has 1 aromatic carbocycles. The molecule has 0 saturated heterocycles. The molecule has 110 valence electrons. The molecule has 0 radical (unpaired) electrons. The van der Waals surface area contributed by atoms with Crippen LogP contribution in [0.1, 0.15) is 18.9 Å². The van der Waals surface area contributed by atoms with Gasteiger partial charge in [0.2, 0.25) is 0 Å². The van der Waals surface area contributed by atoms with Gasteiger partial charge >= 0.3 is 0 Å². The standard InChI is InChI=1S/C15H13N.C5H7N/c1-2-3-7-15(12-13-16)11-10-14-8-5-4-6-9-14;1-3-5(2)4-6/h2-12H,1H2;2-3H2,1H3. The van der Waals surface area contributed by atoms with Gasteiger partial charge in [-0.2, -0.15) is 10.5 Å². The van der Waals surface area contributed by atoms with Crippen molar-refractivity contribution in [2.24, 2.45) is 0 Å². The van der Waals surface area contributed by atoms with Gasteiger partial charge in [-0.05, 0) is 17.6 Å². The summed E-state index contributed by atoms with van der Waals surface area (Å²) in [7, 11) is 0. The van der Waals surface area contributed by atoms with Crippen LogP contribution >= 0.6 is 0 Å². The molecule has 2 heteroatoms. The van der Waals surface area contributed by atoms with E-state index in [-0.39, 0.29) is 0 Å². The Balaban J connectivity index is 0.000000626. The van der Waals surface area contributed by atoms with Gasteiger partial charge in [-0.25, -0.2) is 0 Å². The SMILES string of the molecule is C=C(C#N)CC.C=CC=CC(C=Cc1ccccc1)=CC#N. The zero-order valence-electron chi connectivity index (χ0n) is 12.9. The van der Waals surface area contributed by atoms with Crippen LogP contribution in [0.4, 0.5) is 0 Å². The highest BCUT2D eigenvalue weighted by Gasteiger charge is 1.86. The van der Waals surface area contributed by atoms with Crippen molar-refractivity contribution in [1.82, 2.24) is 0 Å². The fourth-order valence-corrected chi connectivity index (χ4v) is 1.24. The van der Waals surface area contributed by atoms with Gasteiger partial charge in [0, 0.05) is 11.6 Å². The highest BCUT2D eigenvalue weighted by atomic mass is 14.2. The van der Waals surface area contributed by atoms with Gasteiger partial charge in [0.25, 0.3) is 0 Å². The molecule has 0 unspecified atom stereocenters. The number of hydrogen-bond acceptors (Lipinski definition) is 2. The molecule has 0 saturated carbocycles. The van der Waals surface area contributed by atoms with Crippen LogP contribution in [0.5, 0.6) is 0 Å². The second-order valence-corrected chi connectivity index (χ2v) is 4.18. The van der Waals surface area contributed by atoms with Crippen LogP contribution in [-0.2, 0) is 0 Å². The summed E-state index contributed by atoms with van der Waals surface area (Å²) >= 11 is 0. The van der Waals surface area contributed by atoms with Crippen LogP contribution in [0.15, 0.2) is 85.0 Å². The zero-order valence-corrected chi connectivity index (χ0v) is 12.9. The zero-order chi connectivity index (χ0) is 16.6. The average molecular weight is 288 g/mol. The van der Waals surface area contributed by atoms with Crippen molar-refractivity contribution in [2.75, 3.05) is 0 Å². The average Bonchev–Trinajstić information content (AvgIpc) is 2.58. The Bertz CT molecular complexity index is 633. The molecule has 0 aliphatic rings. The Hall–Kier alpha value is -3.10. The van der Waals surface area contributed by atoms with E-state index in [1.807, 2.05) is 67.6 Å². The molecule has 0 fully saturated rings. The molecule has 1 rings (SSSR count). The van der Waals surface area contributed by atoms with E-state index in [0.29, 0.717) is 5.57 Å². The second-order valence-electron chi connectivity index (χ2n) is 4.18.